The second kappa shape index (κ2) is 9.47. The van der Waals surface area contributed by atoms with Crippen LogP contribution < -0.4 is 19.1 Å². The summed E-state index contributed by atoms with van der Waals surface area (Å²) in [4.78, 5) is 1.58. The van der Waals surface area contributed by atoms with Gasteiger partial charge < -0.3 is 19.1 Å². The fourth-order valence-corrected chi connectivity index (χ4v) is 5.08. The van der Waals surface area contributed by atoms with Gasteiger partial charge in [0.15, 0.2) is 0 Å². The highest BCUT2D eigenvalue weighted by Crippen LogP contribution is 2.27. The van der Waals surface area contributed by atoms with Gasteiger partial charge in [-0.25, -0.2) is 8.42 Å². The van der Waals surface area contributed by atoms with Crippen molar-refractivity contribution in [2.24, 2.45) is 0 Å². The molecule has 1 fully saturated rings. The Morgan fingerprint density at radius 1 is 0.966 bits per heavy atom. The monoisotopic (exact) mass is 421 g/mol. The van der Waals surface area contributed by atoms with Gasteiger partial charge in [0.2, 0.25) is 10.0 Å². The molecule has 1 N–H and O–H groups in total. The maximum atomic E-state index is 13.1. The normalized spacial score (nSPS) is 15.8. The fourth-order valence-electron chi connectivity index (χ4n) is 3.40. The molecule has 2 aromatic carbocycles. The van der Waals surface area contributed by atoms with Crippen molar-refractivity contribution < 1.29 is 27.5 Å². The molecular weight excluding hydrogens is 392 g/mol. The molecule has 3 rings (SSSR count). The molecule has 8 heteroatoms. The van der Waals surface area contributed by atoms with Crippen LogP contribution in [0.2, 0.25) is 0 Å². The molecule has 1 aliphatic rings. The first-order valence-electron chi connectivity index (χ1n) is 9.69. The number of hydrogen-bond acceptors (Lipinski definition) is 5. The number of sulfonamides is 1. The molecule has 0 aromatic heterocycles. The van der Waals surface area contributed by atoms with E-state index in [1.165, 1.54) is 12.0 Å². The lowest BCUT2D eigenvalue weighted by Crippen LogP contribution is -3.15. The number of aryl methyl sites for hydroxylation is 1. The van der Waals surface area contributed by atoms with E-state index in [1.54, 1.807) is 23.5 Å². The Hall–Kier alpha value is -2.29. The van der Waals surface area contributed by atoms with E-state index in [9.17, 15) is 8.42 Å². The van der Waals surface area contributed by atoms with Crippen LogP contribution in [0.4, 0.5) is 0 Å². The molecule has 2 aromatic rings. The van der Waals surface area contributed by atoms with Gasteiger partial charge in [0.05, 0.1) is 40.4 Å². The molecule has 158 valence electrons. The van der Waals surface area contributed by atoms with Crippen molar-refractivity contribution in [3.63, 3.8) is 0 Å². The topological polar surface area (TPSA) is 69.5 Å². The average Bonchev–Trinajstić information content (AvgIpc) is 2.74. The molecule has 0 radical (unpaired) electrons. The van der Waals surface area contributed by atoms with Crippen molar-refractivity contribution in [1.29, 1.82) is 0 Å². The van der Waals surface area contributed by atoms with E-state index in [-0.39, 0.29) is 4.90 Å². The highest BCUT2D eigenvalue weighted by molar-refractivity contribution is 7.89. The van der Waals surface area contributed by atoms with E-state index >= 15 is 0 Å². The minimum absolute atomic E-state index is 0.242. The van der Waals surface area contributed by atoms with Gasteiger partial charge in [-0.3, -0.25) is 0 Å². The van der Waals surface area contributed by atoms with E-state index in [0.717, 1.165) is 36.7 Å². The lowest BCUT2D eigenvalue weighted by Gasteiger charge is -2.31. The van der Waals surface area contributed by atoms with Crippen molar-refractivity contribution in [2.45, 2.75) is 11.8 Å². The predicted molar refractivity (Wildman–Crippen MR) is 111 cm³/mol. The molecule has 1 aliphatic heterocycles. The van der Waals surface area contributed by atoms with E-state index < -0.39 is 10.0 Å². The third-order valence-electron chi connectivity index (χ3n) is 5.15. The van der Waals surface area contributed by atoms with E-state index in [0.29, 0.717) is 25.4 Å². The van der Waals surface area contributed by atoms with Gasteiger partial charge in [-0.1, -0.05) is 6.07 Å². The lowest BCUT2D eigenvalue weighted by molar-refractivity contribution is -0.903. The molecule has 0 unspecified atom stereocenters. The van der Waals surface area contributed by atoms with Crippen LogP contribution in [0.1, 0.15) is 5.56 Å². The highest BCUT2D eigenvalue weighted by Gasteiger charge is 2.32. The van der Waals surface area contributed by atoms with Gasteiger partial charge in [0.1, 0.15) is 35.3 Å². The zero-order chi connectivity index (χ0) is 20.9. The molecule has 0 aliphatic carbocycles. The Labute approximate surface area is 172 Å². The summed E-state index contributed by atoms with van der Waals surface area (Å²) in [6.07, 6.45) is 0. The van der Waals surface area contributed by atoms with Gasteiger partial charge in [0.25, 0.3) is 0 Å². The number of rotatable bonds is 8. The molecular formula is C21H29N2O5S+. The quantitative estimate of drug-likeness (QED) is 0.688. The summed E-state index contributed by atoms with van der Waals surface area (Å²) in [5.74, 6) is 1.99. The first kappa shape index (κ1) is 21.4. The van der Waals surface area contributed by atoms with Crippen molar-refractivity contribution >= 4 is 10.0 Å². The minimum Gasteiger partial charge on any atom is -0.497 e. The maximum absolute atomic E-state index is 13.1. The second-order valence-corrected chi connectivity index (χ2v) is 8.99. The Morgan fingerprint density at radius 2 is 1.62 bits per heavy atom. The average molecular weight is 422 g/mol. The van der Waals surface area contributed by atoms with Crippen molar-refractivity contribution in [3.05, 3.63) is 48.0 Å². The number of hydrogen-bond donors (Lipinski definition) is 1. The predicted octanol–water partition coefficient (Wildman–Crippen LogP) is 0.980. The van der Waals surface area contributed by atoms with E-state index in [4.69, 9.17) is 14.2 Å². The molecule has 0 atom stereocenters. The summed E-state index contributed by atoms with van der Waals surface area (Å²) in [7, 11) is -0.441. The zero-order valence-corrected chi connectivity index (χ0v) is 18.0. The van der Waals surface area contributed by atoms with Gasteiger partial charge in [0, 0.05) is 0 Å². The van der Waals surface area contributed by atoms with Crippen molar-refractivity contribution in [3.8, 4) is 17.2 Å². The summed E-state index contributed by atoms with van der Waals surface area (Å²) in [6.45, 7) is 5.75. The second-order valence-electron chi connectivity index (χ2n) is 7.08. The first-order valence-corrected chi connectivity index (χ1v) is 11.1. The van der Waals surface area contributed by atoms with Crippen LogP contribution in [0.3, 0.4) is 0 Å². The van der Waals surface area contributed by atoms with Crippen LogP contribution in [0.25, 0.3) is 0 Å². The first-order chi connectivity index (χ1) is 13.9. The van der Waals surface area contributed by atoms with E-state index in [1.807, 2.05) is 37.3 Å². The van der Waals surface area contributed by atoms with Crippen LogP contribution in [0.5, 0.6) is 17.2 Å². The molecule has 0 amide bonds. The smallest absolute Gasteiger partial charge is 0.247 e. The number of piperazine rings is 1. The summed E-state index contributed by atoms with van der Waals surface area (Å²) in [6, 6.07) is 12.7. The molecule has 0 bridgehead atoms. The van der Waals surface area contributed by atoms with Crippen LogP contribution in [0.15, 0.2) is 47.4 Å². The highest BCUT2D eigenvalue weighted by atomic mass is 32.2. The summed E-state index contributed by atoms with van der Waals surface area (Å²) in [5, 5.41) is 0. The summed E-state index contributed by atoms with van der Waals surface area (Å²) < 4.78 is 43.9. The van der Waals surface area contributed by atoms with Crippen LogP contribution in [-0.2, 0) is 10.0 Å². The molecule has 0 saturated carbocycles. The summed E-state index contributed by atoms with van der Waals surface area (Å²) in [5.41, 5.74) is 0.893. The number of nitrogens with zero attached hydrogens (tertiary/aromatic N) is 1. The van der Waals surface area contributed by atoms with Crippen LogP contribution >= 0.6 is 0 Å². The minimum atomic E-state index is -3.57. The summed E-state index contributed by atoms with van der Waals surface area (Å²) >= 11 is 0. The van der Waals surface area contributed by atoms with Crippen LogP contribution in [-0.4, -0.2) is 66.3 Å². The fraction of sp³-hybridized carbons (Fsp3) is 0.429. The third-order valence-corrected chi connectivity index (χ3v) is 7.07. The maximum Gasteiger partial charge on any atom is 0.247 e. The Morgan fingerprint density at radius 3 is 2.24 bits per heavy atom. The standard InChI is InChI=1S/C21H28N2O5S/c1-17-4-9-20(27-3)21(16-17)29(24,25)23-12-10-22(11-13-23)14-15-28-19-7-5-18(26-2)6-8-19/h4-9,16H,10-15H2,1-3H3/p+1. The molecule has 1 heterocycles. The Bertz CT molecular complexity index is 907. The molecule has 1 saturated heterocycles. The molecule has 7 nitrogen and oxygen atoms in total. The Balaban J connectivity index is 1.52. The number of nitrogens with one attached hydrogen (secondary N) is 1. The third kappa shape index (κ3) is 5.20. The largest absolute Gasteiger partial charge is 0.497 e. The zero-order valence-electron chi connectivity index (χ0n) is 17.2. The van der Waals surface area contributed by atoms with E-state index in [2.05, 4.69) is 0 Å². The van der Waals surface area contributed by atoms with Crippen molar-refractivity contribution in [1.82, 2.24) is 4.31 Å². The Kier molecular flexibility index (Phi) is 7.00. The number of methoxy groups -OCH3 is 2. The number of ether oxygens (including phenoxy) is 3. The number of quaternary nitrogens is 1. The molecule has 29 heavy (non-hydrogen) atoms. The molecule has 0 spiro atoms. The van der Waals surface area contributed by atoms with Crippen LogP contribution in [0, 0.1) is 6.92 Å². The van der Waals surface area contributed by atoms with Gasteiger partial charge >= 0.3 is 0 Å². The number of benzene rings is 2. The van der Waals surface area contributed by atoms with Gasteiger partial charge in [-0.15, -0.1) is 0 Å². The van der Waals surface area contributed by atoms with Gasteiger partial charge in [-0.05, 0) is 48.9 Å². The SMILES string of the molecule is COc1ccc(OCC[NH+]2CCN(S(=O)(=O)c3cc(C)ccc3OC)CC2)cc1. The van der Waals surface area contributed by atoms with Crippen molar-refractivity contribution in [2.75, 3.05) is 53.6 Å². The lowest BCUT2D eigenvalue weighted by atomic mass is 10.2. The van der Waals surface area contributed by atoms with Gasteiger partial charge in [-0.2, -0.15) is 4.31 Å².